The number of benzene rings is 1. The van der Waals surface area contributed by atoms with Gasteiger partial charge in [0.1, 0.15) is 12.1 Å². The average molecular weight is 234 g/mol. The topological polar surface area (TPSA) is 42.7 Å². The average Bonchev–Trinajstić information content (AvgIpc) is 2.73. The Morgan fingerprint density at radius 3 is 2.82 bits per heavy atom. The molecule has 0 bridgehead atoms. The van der Waals surface area contributed by atoms with Gasteiger partial charge >= 0.3 is 0 Å². The van der Waals surface area contributed by atoms with E-state index < -0.39 is 0 Å². The van der Waals surface area contributed by atoms with Gasteiger partial charge in [-0.05, 0) is 24.2 Å². The molecule has 0 spiro atoms. The second-order valence-corrected chi connectivity index (χ2v) is 3.80. The van der Waals surface area contributed by atoms with Crippen LogP contribution >= 0.6 is 0 Å². The molecular formula is C12H15FN4. The summed E-state index contributed by atoms with van der Waals surface area (Å²) in [7, 11) is 1.74. The summed E-state index contributed by atoms with van der Waals surface area (Å²) in [5.74, 6) is 0.272. The summed E-state index contributed by atoms with van der Waals surface area (Å²) in [4.78, 5) is 4.03. The normalized spacial score (nSPS) is 10.8. The molecule has 2 aromatic rings. The molecule has 0 fully saturated rings. The first-order chi connectivity index (χ1) is 8.22. The summed E-state index contributed by atoms with van der Waals surface area (Å²) in [5, 5.41) is 7.09. The summed E-state index contributed by atoms with van der Waals surface area (Å²) in [6, 6.07) is 5.18. The standard InChI is InChI=1S/C12H15FN4/c1-3-14-7-9-4-5-10(11(13)6-9)12-15-8-16-17(12)2/h4-6,8,14H,3,7H2,1-2H3. The van der Waals surface area contributed by atoms with E-state index in [-0.39, 0.29) is 5.82 Å². The Morgan fingerprint density at radius 2 is 2.24 bits per heavy atom. The zero-order valence-corrected chi connectivity index (χ0v) is 9.94. The SMILES string of the molecule is CCNCc1ccc(-c2ncnn2C)c(F)c1. The molecule has 1 aromatic heterocycles. The van der Waals surface area contributed by atoms with Crippen molar-refractivity contribution in [2.75, 3.05) is 6.54 Å². The van der Waals surface area contributed by atoms with Crippen LogP contribution in [0.15, 0.2) is 24.5 Å². The van der Waals surface area contributed by atoms with Crippen LogP contribution in [0.25, 0.3) is 11.4 Å². The second-order valence-electron chi connectivity index (χ2n) is 3.80. The van der Waals surface area contributed by atoms with Gasteiger partial charge in [0.15, 0.2) is 5.82 Å². The molecule has 90 valence electrons. The molecule has 2 rings (SSSR count). The lowest BCUT2D eigenvalue weighted by molar-refractivity contribution is 0.621. The van der Waals surface area contributed by atoms with Crippen LogP contribution in [-0.4, -0.2) is 21.3 Å². The predicted molar refractivity (Wildman–Crippen MR) is 63.8 cm³/mol. The number of hydrogen-bond donors (Lipinski definition) is 1. The van der Waals surface area contributed by atoms with Gasteiger partial charge in [-0.25, -0.2) is 14.1 Å². The van der Waals surface area contributed by atoms with E-state index in [2.05, 4.69) is 15.4 Å². The summed E-state index contributed by atoms with van der Waals surface area (Å²) in [5.41, 5.74) is 1.40. The Balaban J connectivity index is 2.29. The molecule has 0 saturated heterocycles. The van der Waals surface area contributed by atoms with Crippen LogP contribution in [0.2, 0.25) is 0 Å². The van der Waals surface area contributed by atoms with Gasteiger partial charge < -0.3 is 5.32 Å². The number of halogens is 1. The molecular weight excluding hydrogens is 219 g/mol. The van der Waals surface area contributed by atoms with E-state index in [0.717, 1.165) is 12.1 Å². The fourth-order valence-corrected chi connectivity index (χ4v) is 1.66. The van der Waals surface area contributed by atoms with Crippen molar-refractivity contribution in [3.8, 4) is 11.4 Å². The van der Waals surface area contributed by atoms with Gasteiger partial charge in [-0.1, -0.05) is 13.0 Å². The molecule has 0 saturated carbocycles. The van der Waals surface area contributed by atoms with Crippen molar-refractivity contribution >= 4 is 0 Å². The smallest absolute Gasteiger partial charge is 0.160 e. The van der Waals surface area contributed by atoms with Crippen LogP contribution in [0.3, 0.4) is 0 Å². The molecule has 0 amide bonds. The van der Waals surface area contributed by atoms with Crippen molar-refractivity contribution in [2.24, 2.45) is 7.05 Å². The zero-order valence-electron chi connectivity index (χ0n) is 9.94. The van der Waals surface area contributed by atoms with Gasteiger partial charge in [0.25, 0.3) is 0 Å². The summed E-state index contributed by atoms with van der Waals surface area (Å²) in [6.45, 7) is 3.56. The molecule has 5 heteroatoms. The van der Waals surface area contributed by atoms with Gasteiger partial charge in [-0.2, -0.15) is 5.10 Å². The van der Waals surface area contributed by atoms with E-state index in [1.54, 1.807) is 17.8 Å². The highest BCUT2D eigenvalue weighted by atomic mass is 19.1. The van der Waals surface area contributed by atoms with Crippen molar-refractivity contribution in [1.29, 1.82) is 0 Å². The Labute approximate surface area is 99.5 Å². The highest BCUT2D eigenvalue weighted by Crippen LogP contribution is 2.20. The van der Waals surface area contributed by atoms with E-state index in [0.29, 0.717) is 17.9 Å². The van der Waals surface area contributed by atoms with Crippen molar-refractivity contribution in [3.63, 3.8) is 0 Å². The lowest BCUT2D eigenvalue weighted by Gasteiger charge is -2.06. The summed E-state index contributed by atoms with van der Waals surface area (Å²) in [6.07, 6.45) is 1.42. The monoisotopic (exact) mass is 234 g/mol. The summed E-state index contributed by atoms with van der Waals surface area (Å²) >= 11 is 0. The first-order valence-electron chi connectivity index (χ1n) is 5.56. The minimum atomic E-state index is -0.267. The molecule has 1 heterocycles. The summed E-state index contributed by atoms with van der Waals surface area (Å²) < 4.78 is 15.5. The van der Waals surface area contributed by atoms with E-state index in [1.807, 2.05) is 13.0 Å². The Kier molecular flexibility index (Phi) is 3.49. The number of nitrogens with zero attached hydrogens (tertiary/aromatic N) is 3. The van der Waals surface area contributed by atoms with Crippen LogP contribution < -0.4 is 5.32 Å². The number of aryl methyl sites for hydroxylation is 1. The van der Waals surface area contributed by atoms with Crippen molar-refractivity contribution < 1.29 is 4.39 Å². The van der Waals surface area contributed by atoms with E-state index >= 15 is 0 Å². The maximum atomic E-state index is 13.9. The minimum absolute atomic E-state index is 0.267. The van der Waals surface area contributed by atoms with E-state index in [4.69, 9.17) is 0 Å². The van der Waals surface area contributed by atoms with E-state index in [9.17, 15) is 4.39 Å². The number of aromatic nitrogens is 3. The van der Waals surface area contributed by atoms with Crippen molar-refractivity contribution in [1.82, 2.24) is 20.1 Å². The second kappa shape index (κ2) is 5.05. The maximum Gasteiger partial charge on any atom is 0.160 e. The van der Waals surface area contributed by atoms with Crippen molar-refractivity contribution in [2.45, 2.75) is 13.5 Å². The Morgan fingerprint density at radius 1 is 1.41 bits per heavy atom. The molecule has 1 N–H and O–H groups in total. The first-order valence-corrected chi connectivity index (χ1v) is 5.56. The zero-order chi connectivity index (χ0) is 12.3. The van der Waals surface area contributed by atoms with Crippen molar-refractivity contribution in [3.05, 3.63) is 35.9 Å². The lowest BCUT2D eigenvalue weighted by atomic mass is 10.1. The fraction of sp³-hybridized carbons (Fsp3) is 0.333. The van der Waals surface area contributed by atoms with Crippen LogP contribution in [-0.2, 0) is 13.6 Å². The third-order valence-electron chi connectivity index (χ3n) is 2.56. The third kappa shape index (κ3) is 2.50. The van der Waals surface area contributed by atoms with Gasteiger partial charge in [0.05, 0.1) is 5.56 Å². The minimum Gasteiger partial charge on any atom is -0.313 e. The molecule has 1 aromatic carbocycles. The predicted octanol–water partition coefficient (Wildman–Crippen LogP) is 1.73. The highest BCUT2D eigenvalue weighted by molar-refractivity contribution is 5.56. The number of hydrogen-bond acceptors (Lipinski definition) is 3. The molecule has 0 unspecified atom stereocenters. The van der Waals surface area contributed by atoms with Gasteiger partial charge in [0, 0.05) is 13.6 Å². The Bertz CT molecular complexity index is 507. The molecule has 0 aliphatic carbocycles. The highest BCUT2D eigenvalue weighted by Gasteiger charge is 2.10. The Hall–Kier alpha value is -1.75. The molecule has 0 aliphatic heterocycles. The quantitative estimate of drug-likeness (QED) is 0.876. The van der Waals surface area contributed by atoms with Gasteiger partial charge in [0.2, 0.25) is 0 Å². The first kappa shape index (κ1) is 11.7. The van der Waals surface area contributed by atoms with Crippen LogP contribution in [0.4, 0.5) is 4.39 Å². The lowest BCUT2D eigenvalue weighted by Crippen LogP contribution is -2.11. The number of nitrogens with one attached hydrogen (secondary N) is 1. The molecule has 4 nitrogen and oxygen atoms in total. The van der Waals surface area contributed by atoms with Gasteiger partial charge in [-0.15, -0.1) is 0 Å². The number of rotatable bonds is 4. The third-order valence-corrected chi connectivity index (χ3v) is 2.56. The molecule has 17 heavy (non-hydrogen) atoms. The van der Waals surface area contributed by atoms with E-state index in [1.165, 1.54) is 12.4 Å². The van der Waals surface area contributed by atoms with Crippen LogP contribution in [0, 0.1) is 5.82 Å². The molecule has 0 aliphatic rings. The fourth-order valence-electron chi connectivity index (χ4n) is 1.66. The maximum absolute atomic E-state index is 13.9. The largest absolute Gasteiger partial charge is 0.313 e. The van der Waals surface area contributed by atoms with Gasteiger partial charge in [-0.3, -0.25) is 0 Å². The molecule has 0 radical (unpaired) electrons. The van der Waals surface area contributed by atoms with Crippen LogP contribution in [0.5, 0.6) is 0 Å². The molecule has 0 atom stereocenters. The van der Waals surface area contributed by atoms with Crippen LogP contribution in [0.1, 0.15) is 12.5 Å².